The first-order valence-corrected chi connectivity index (χ1v) is 7.52. The van der Waals surface area contributed by atoms with Gasteiger partial charge >= 0.3 is 10.4 Å². The minimum Gasteiger partial charge on any atom is -0.395 e. The van der Waals surface area contributed by atoms with Gasteiger partial charge in [-0.2, -0.15) is 8.42 Å². The van der Waals surface area contributed by atoms with Gasteiger partial charge in [-0.15, -0.1) is 0 Å². The Morgan fingerprint density at radius 2 is 0.810 bits per heavy atom. The maximum absolute atomic E-state index is 8.74. The minimum atomic E-state index is -4.67. The Bertz CT molecular complexity index is 255. The van der Waals surface area contributed by atoms with E-state index in [9.17, 15) is 0 Å². The highest BCUT2D eigenvalue weighted by Crippen LogP contribution is 1.77. The highest BCUT2D eigenvalue weighted by Gasteiger charge is 1.92. The largest absolute Gasteiger partial charge is 0.395 e. The number of hydrogen-bond donors (Lipinski definition) is 6. The van der Waals surface area contributed by atoms with Gasteiger partial charge in [-0.05, 0) is 14.1 Å². The lowest BCUT2D eigenvalue weighted by Gasteiger charge is -2.11. The standard InChI is InChI=1S/2C5H13NO2.H2O4S/c2*1-6(2-4-7)3-5-8;1-5(2,3)4/h2*7-8H,2-5H2,1H3;(H2,1,2,3,4). The fourth-order valence-electron chi connectivity index (χ4n) is 0.906. The van der Waals surface area contributed by atoms with Crippen LogP contribution in [0.15, 0.2) is 0 Å². The number of nitrogens with zero attached hydrogens (tertiary/aromatic N) is 2. The van der Waals surface area contributed by atoms with Crippen molar-refractivity contribution in [2.75, 3.05) is 66.7 Å². The van der Waals surface area contributed by atoms with E-state index in [0.717, 1.165) is 0 Å². The maximum atomic E-state index is 8.74. The minimum absolute atomic E-state index is 0.163. The van der Waals surface area contributed by atoms with Crippen molar-refractivity contribution in [3.8, 4) is 0 Å². The molecule has 0 saturated carbocycles. The van der Waals surface area contributed by atoms with Gasteiger partial charge in [-0.3, -0.25) is 9.11 Å². The second-order valence-corrected chi connectivity index (χ2v) is 4.84. The van der Waals surface area contributed by atoms with Gasteiger partial charge in [0.05, 0.1) is 26.4 Å². The molecule has 0 unspecified atom stereocenters. The van der Waals surface area contributed by atoms with E-state index in [-0.39, 0.29) is 26.4 Å². The molecule has 0 aromatic heterocycles. The van der Waals surface area contributed by atoms with Gasteiger partial charge in [0, 0.05) is 26.2 Å². The Hall–Kier alpha value is -0.370. The maximum Gasteiger partial charge on any atom is 0.394 e. The zero-order chi connectivity index (χ0) is 17.3. The Balaban J connectivity index is -0.000000239. The summed E-state index contributed by atoms with van der Waals surface area (Å²) in [5.74, 6) is 0. The van der Waals surface area contributed by atoms with Gasteiger partial charge in [0.1, 0.15) is 0 Å². The first-order valence-electron chi connectivity index (χ1n) is 6.12. The van der Waals surface area contributed by atoms with Gasteiger partial charge in [-0.25, -0.2) is 0 Å². The second-order valence-electron chi connectivity index (χ2n) is 3.95. The third kappa shape index (κ3) is 45.1. The molecule has 0 bridgehead atoms. The Kier molecular flexibility index (Phi) is 21.5. The average molecular weight is 336 g/mol. The van der Waals surface area contributed by atoms with Crippen molar-refractivity contribution in [3.63, 3.8) is 0 Å². The molecule has 0 rings (SSSR count). The van der Waals surface area contributed by atoms with E-state index in [0.29, 0.717) is 26.2 Å². The van der Waals surface area contributed by atoms with Crippen molar-refractivity contribution in [1.82, 2.24) is 9.80 Å². The van der Waals surface area contributed by atoms with Crippen LogP contribution in [0.5, 0.6) is 0 Å². The highest BCUT2D eigenvalue weighted by atomic mass is 32.3. The van der Waals surface area contributed by atoms with Crippen LogP contribution in [0, 0.1) is 0 Å². The van der Waals surface area contributed by atoms with Crippen molar-refractivity contribution in [3.05, 3.63) is 0 Å². The lowest BCUT2D eigenvalue weighted by molar-refractivity contribution is 0.184. The lowest BCUT2D eigenvalue weighted by Crippen LogP contribution is -2.25. The van der Waals surface area contributed by atoms with Gasteiger partial charge in [0.2, 0.25) is 0 Å². The molecule has 0 radical (unpaired) electrons. The molecule has 21 heavy (non-hydrogen) atoms. The molecule has 6 N–H and O–H groups in total. The SMILES string of the molecule is CN(CCO)CCO.CN(CCO)CCO.O=S(=O)(O)O. The van der Waals surface area contributed by atoms with Crippen molar-refractivity contribution >= 4 is 10.4 Å². The van der Waals surface area contributed by atoms with Crippen molar-refractivity contribution in [1.29, 1.82) is 0 Å². The molecule has 0 heterocycles. The van der Waals surface area contributed by atoms with E-state index in [1.807, 2.05) is 23.9 Å². The Labute approximate surface area is 125 Å². The van der Waals surface area contributed by atoms with Gasteiger partial charge in [0.15, 0.2) is 0 Å². The topological polar surface area (TPSA) is 162 Å². The molecule has 0 amide bonds. The molecule has 10 nitrogen and oxygen atoms in total. The first-order chi connectivity index (χ1) is 9.62. The summed E-state index contributed by atoms with van der Waals surface area (Å²) in [7, 11) is -0.959. The molecular formula is C10H28N2O8S. The van der Waals surface area contributed by atoms with Crippen LogP contribution in [0.3, 0.4) is 0 Å². The van der Waals surface area contributed by atoms with Gasteiger partial charge in [0.25, 0.3) is 0 Å². The van der Waals surface area contributed by atoms with Crippen LogP contribution in [0.2, 0.25) is 0 Å². The summed E-state index contributed by atoms with van der Waals surface area (Å²) in [6.45, 7) is 3.21. The number of likely N-dealkylation sites (N-methyl/N-ethyl adjacent to an activating group) is 2. The first kappa shape index (κ1) is 25.6. The summed E-state index contributed by atoms with van der Waals surface area (Å²) in [6, 6.07) is 0. The summed E-state index contributed by atoms with van der Waals surface area (Å²) in [5, 5.41) is 33.4. The summed E-state index contributed by atoms with van der Waals surface area (Å²) >= 11 is 0. The van der Waals surface area contributed by atoms with Gasteiger partial charge in [-0.1, -0.05) is 0 Å². The number of aliphatic hydroxyl groups is 4. The third-order valence-corrected chi connectivity index (χ3v) is 1.93. The molecule has 0 aromatic carbocycles. The number of hydrogen-bond acceptors (Lipinski definition) is 8. The predicted molar refractivity (Wildman–Crippen MR) is 77.5 cm³/mol. The smallest absolute Gasteiger partial charge is 0.394 e. The summed E-state index contributed by atoms with van der Waals surface area (Å²) in [4.78, 5) is 3.72. The molecule has 0 spiro atoms. The monoisotopic (exact) mass is 336 g/mol. The van der Waals surface area contributed by atoms with E-state index >= 15 is 0 Å². The lowest BCUT2D eigenvalue weighted by atomic mass is 10.5. The Morgan fingerprint density at radius 3 is 0.905 bits per heavy atom. The normalized spacial score (nSPS) is 10.8. The molecule has 0 fully saturated rings. The third-order valence-electron chi connectivity index (χ3n) is 1.93. The molecule has 11 heteroatoms. The summed E-state index contributed by atoms with van der Waals surface area (Å²) in [5.41, 5.74) is 0. The molecule has 0 aliphatic heterocycles. The predicted octanol–water partition coefficient (Wildman–Crippen LogP) is -2.85. The van der Waals surface area contributed by atoms with Crippen LogP contribution in [0.1, 0.15) is 0 Å². The van der Waals surface area contributed by atoms with Crippen LogP contribution in [-0.4, -0.2) is 114 Å². The van der Waals surface area contributed by atoms with E-state index in [1.54, 1.807) is 0 Å². The van der Waals surface area contributed by atoms with Crippen LogP contribution >= 0.6 is 0 Å². The van der Waals surface area contributed by atoms with Gasteiger partial charge < -0.3 is 30.2 Å². The molecule has 0 saturated heterocycles. The zero-order valence-electron chi connectivity index (χ0n) is 12.5. The molecule has 0 aromatic rings. The van der Waals surface area contributed by atoms with Crippen molar-refractivity contribution < 1.29 is 37.9 Å². The van der Waals surface area contributed by atoms with Crippen molar-refractivity contribution in [2.24, 2.45) is 0 Å². The molecular weight excluding hydrogens is 308 g/mol. The fraction of sp³-hybridized carbons (Fsp3) is 1.00. The zero-order valence-corrected chi connectivity index (χ0v) is 13.3. The molecule has 132 valence electrons. The number of aliphatic hydroxyl groups excluding tert-OH is 4. The van der Waals surface area contributed by atoms with E-state index in [4.69, 9.17) is 37.9 Å². The Morgan fingerprint density at radius 1 is 0.667 bits per heavy atom. The molecule has 0 aliphatic rings. The molecule has 0 atom stereocenters. The summed E-state index contributed by atoms with van der Waals surface area (Å²) in [6.07, 6.45) is 0. The van der Waals surface area contributed by atoms with Crippen molar-refractivity contribution in [2.45, 2.75) is 0 Å². The average Bonchev–Trinajstić information content (AvgIpc) is 2.29. The van der Waals surface area contributed by atoms with Crippen LogP contribution < -0.4 is 0 Å². The molecule has 0 aliphatic carbocycles. The van der Waals surface area contributed by atoms with E-state index in [1.165, 1.54) is 0 Å². The highest BCUT2D eigenvalue weighted by molar-refractivity contribution is 7.79. The van der Waals surface area contributed by atoms with Crippen LogP contribution in [-0.2, 0) is 10.4 Å². The summed E-state index contributed by atoms with van der Waals surface area (Å²) < 4.78 is 31.6. The van der Waals surface area contributed by atoms with E-state index < -0.39 is 10.4 Å². The van der Waals surface area contributed by atoms with E-state index in [2.05, 4.69) is 0 Å². The second kappa shape index (κ2) is 17.7. The fourth-order valence-corrected chi connectivity index (χ4v) is 0.906. The van der Waals surface area contributed by atoms with Crippen LogP contribution in [0.25, 0.3) is 0 Å². The number of rotatable bonds is 8. The quantitative estimate of drug-likeness (QED) is 0.254. The van der Waals surface area contributed by atoms with Crippen LogP contribution in [0.4, 0.5) is 0 Å².